The number of hydrogen-bond donors (Lipinski definition) is 1. The van der Waals surface area contributed by atoms with Crippen molar-refractivity contribution in [3.63, 3.8) is 0 Å². The van der Waals surface area contributed by atoms with E-state index in [1.165, 1.54) is 81.9 Å². The predicted molar refractivity (Wildman–Crippen MR) is 179 cm³/mol. The van der Waals surface area contributed by atoms with Crippen LogP contribution in [0, 0.1) is 6.92 Å². The van der Waals surface area contributed by atoms with Crippen LogP contribution in [0.2, 0.25) is 0 Å². The number of thiazole rings is 1. The van der Waals surface area contributed by atoms with Gasteiger partial charge in [0.05, 0.1) is 18.4 Å². The Morgan fingerprint density at radius 2 is 1.42 bits per heavy atom. The number of unbranched alkanes of at least 4 members (excludes halogenated alkanes) is 11. The summed E-state index contributed by atoms with van der Waals surface area (Å²) < 4.78 is 8.50. The summed E-state index contributed by atoms with van der Waals surface area (Å²) in [7, 11) is 0. The van der Waals surface area contributed by atoms with Crippen LogP contribution in [0.25, 0.3) is 0 Å². The first-order valence-electron chi connectivity index (χ1n) is 16.3. The second-order valence-electron chi connectivity index (χ2n) is 12.9. The number of carbonyl (C=O) groups is 1. The molecule has 0 fully saturated rings. The lowest BCUT2D eigenvalue weighted by Gasteiger charge is -2.24. The van der Waals surface area contributed by atoms with Crippen LogP contribution in [0.3, 0.4) is 0 Å². The average Bonchev–Trinajstić information content (AvgIpc) is 3.36. The molecular formula is C37H55BrN2O2S. The first-order valence-corrected chi connectivity index (χ1v) is 17.3. The van der Waals surface area contributed by atoms with E-state index in [0.29, 0.717) is 6.42 Å². The number of carbonyl (C=O) groups excluding carboxylic acids is 1. The fourth-order valence-corrected chi connectivity index (χ4v) is 6.10. The summed E-state index contributed by atoms with van der Waals surface area (Å²) in [5.74, 6) is 0.944. The van der Waals surface area contributed by atoms with Gasteiger partial charge in [0.15, 0.2) is 12.2 Å². The molecule has 0 radical (unpaired) electrons. The molecule has 0 spiro atoms. The summed E-state index contributed by atoms with van der Waals surface area (Å²) in [6.07, 6.45) is 16.4. The number of halogens is 1. The average molecular weight is 672 g/mol. The Morgan fingerprint density at radius 1 is 0.837 bits per heavy atom. The maximum atomic E-state index is 12.9. The van der Waals surface area contributed by atoms with Gasteiger partial charge in [0.25, 0.3) is 0 Å². The number of benzene rings is 2. The maximum absolute atomic E-state index is 12.9. The molecule has 43 heavy (non-hydrogen) atoms. The van der Waals surface area contributed by atoms with Crippen LogP contribution < -0.4 is 31.6 Å². The Bertz CT molecular complexity index is 1200. The largest absolute Gasteiger partial charge is 1.00 e. The number of aromatic nitrogens is 1. The Morgan fingerprint density at radius 3 is 1.98 bits per heavy atom. The first kappa shape index (κ1) is 37.0. The Labute approximate surface area is 276 Å². The lowest BCUT2D eigenvalue weighted by Crippen LogP contribution is -3.00. The van der Waals surface area contributed by atoms with E-state index in [0.717, 1.165) is 42.1 Å². The third kappa shape index (κ3) is 14.0. The van der Waals surface area contributed by atoms with Gasteiger partial charge in [-0.25, -0.2) is 0 Å². The van der Waals surface area contributed by atoms with Crippen molar-refractivity contribution in [1.29, 1.82) is 0 Å². The van der Waals surface area contributed by atoms with Crippen LogP contribution in [0.5, 0.6) is 5.75 Å². The van der Waals surface area contributed by atoms with Crippen LogP contribution in [0.1, 0.15) is 127 Å². The summed E-state index contributed by atoms with van der Waals surface area (Å²) in [6, 6.07) is 14.4. The molecule has 238 valence electrons. The number of aryl methyl sites for hydroxylation is 1. The first-order chi connectivity index (χ1) is 20.3. The van der Waals surface area contributed by atoms with Crippen molar-refractivity contribution >= 4 is 22.9 Å². The van der Waals surface area contributed by atoms with E-state index >= 15 is 0 Å². The smallest absolute Gasteiger partial charge is 0.228 e. The van der Waals surface area contributed by atoms with Gasteiger partial charge < -0.3 is 27.0 Å². The van der Waals surface area contributed by atoms with Crippen molar-refractivity contribution in [2.75, 3.05) is 11.9 Å². The number of hydrogen-bond acceptors (Lipinski definition) is 3. The number of ether oxygens (including phenoxy) is 1. The van der Waals surface area contributed by atoms with Gasteiger partial charge in [-0.05, 0) is 41.2 Å². The zero-order valence-electron chi connectivity index (χ0n) is 27.4. The fourth-order valence-electron chi connectivity index (χ4n) is 5.32. The van der Waals surface area contributed by atoms with Crippen molar-refractivity contribution in [1.82, 2.24) is 0 Å². The molecule has 0 unspecified atom stereocenters. The quantitative estimate of drug-likeness (QED) is 0.111. The van der Waals surface area contributed by atoms with Gasteiger partial charge in [-0.2, -0.15) is 4.57 Å². The lowest BCUT2D eigenvalue weighted by molar-refractivity contribution is -0.689. The van der Waals surface area contributed by atoms with Gasteiger partial charge >= 0.3 is 0 Å². The van der Waals surface area contributed by atoms with Gasteiger partial charge in [-0.1, -0.05) is 134 Å². The number of amides is 1. The van der Waals surface area contributed by atoms with E-state index in [-0.39, 0.29) is 28.3 Å². The van der Waals surface area contributed by atoms with Crippen LogP contribution >= 0.6 is 11.3 Å². The molecule has 1 amide bonds. The van der Waals surface area contributed by atoms with E-state index in [4.69, 9.17) is 4.74 Å². The number of nitrogens with one attached hydrogen (secondary N) is 1. The minimum atomic E-state index is -0.0625. The molecule has 0 saturated heterocycles. The number of anilines is 1. The molecule has 0 atom stereocenters. The summed E-state index contributed by atoms with van der Waals surface area (Å²) in [5.41, 5.74) is 7.54. The lowest BCUT2D eigenvalue weighted by atomic mass is 9.85. The second kappa shape index (κ2) is 20.0. The molecule has 3 aromatic rings. The fraction of sp³-hybridized carbons (Fsp3) is 0.568. The standard InChI is InChI=1S/C37H54N2O2S.BrH/c1-6-7-8-9-10-11-12-13-14-15-16-17-24-41-35-23-20-32(25-34(35)37(3,4)5)26-36(40)38-33-21-18-31(19-22-33)27-39-29-42-28-30(39)2;/h18-23,25,28-29H,6-17,24,26-27H2,1-5H3;1H. The van der Waals surface area contributed by atoms with E-state index < -0.39 is 0 Å². The second-order valence-corrected chi connectivity index (χ2v) is 13.6. The molecule has 6 heteroatoms. The molecule has 0 aliphatic heterocycles. The van der Waals surface area contributed by atoms with Gasteiger partial charge in [-0.3, -0.25) is 4.79 Å². The summed E-state index contributed by atoms with van der Waals surface area (Å²) in [5, 5.41) is 5.22. The summed E-state index contributed by atoms with van der Waals surface area (Å²) >= 11 is 1.71. The summed E-state index contributed by atoms with van der Waals surface area (Å²) in [4.78, 5) is 12.9. The van der Waals surface area contributed by atoms with E-state index in [1.54, 1.807) is 11.3 Å². The molecule has 2 aromatic carbocycles. The van der Waals surface area contributed by atoms with Crippen molar-refractivity contribution in [3.8, 4) is 5.75 Å². The number of rotatable bonds is 19. The third-order valence-corrected chi connectivity index (χ3v) is 8.80. The molecular weight excluding hydrogens is 616 g/mol. The minimum Gasteiger partial charge on any atom is -1.00 e. The highest BCUT2D eigenvalue weighted by Gasteiger charge is 2.20. The van der Waals surface area contributed by atoms with Gasteiger partial charge in [-0.15, -0.1) is 0 Å². The van der Waals surface area contributed by atoms with Crippen LogP contribution in [0.4, 0.5) is 5.69 Å². The molecule has 0 bridgehead atoms. The number of nitrogens with zero attached hydrogens (tertiary/aromatic N) is 1. The SMILES string of the molecule is CCCCCCCCCCCCCCOc1ccc(CC(=O)Nc2ccc(C[n+]3cscc3C)cc2)cc1C(C)(C)C.[Br-]. The van der Waals surface area contributed by atoms with Crippen LogP contribution in [-0.4, -0.2) is 12.5 Å². The maximum Gasteiger partial charge on any atom is 0.228 e. The summed E-state index contributed by atoms with van der Waals surface area (Å²) in [6.45, 7) is 12.6. The van der Waals surface area contributed by atoms with E-state index in [2.05, 4.69) is 79.7 Å². The molecule has 4 nitrogen and oxygen atoms in total. The highest BCUT2D eigenvalue weighted by molar-refractivity contribution is 7.07. The molecule has 1 heterocycles. The van der Waals surface area contributed by atoms with E-state index in [9.17, 15) is 4.79 Å². The Hall–Kier alpha value is -2.18. The van der Waals surface area contributed by atoms with Gasteiger partial charge in [0.1, 0.15) is 5.75 Å². The molecule has 0 aliphatic carbocycles. The Kier molecular flexibility index (Phi) is 17.2. The zero-order chi connectivity index (χ0) is 30.2. The van der Waals surface area contributed by atoms with Gasteiger partial charge in [0, 0.05) is 18.2 Å². The van der Waals surface area contributed by atoms with Crippen molar-refractivity contribution in [2.24, 2.45) is 0 Å². The molecule has 1 N–H and O–H groups in total. The zero-order valence-corrected chi connectivity index (χ0v) is 29.8. The normalized spacial score (nSPS) is 11.3. The molecule has 3 rings (SSSR count). The van der Waals surface area contributed by atoms with E-state index in [1.807, 2.05) is 18.2 Å². The highest BCUT2D eigenvalue weighted by Crippen LogP contribution is 2.32. The van der Waals surface area contributed by atoms with Gasteiger partial charge in [0.2, 0.25) is 11.4 Å². The van der Waals surface area contributed by atoms with Crippen LogP contribution in [-0.2, 0) is 23.2 Å². The third-order valence-electron chi connectivity index (χ3n) is 7.94. The predicted octanol–water partition coefficient (Wildman–Crippen LogP) is 6.95. The Balaban J connectivity index is 0.00000645. The van der Waals surface area contributed by atoms with Crippen molar-refractivity contribution in [3.05, 3.63) is 75.7 Å². The molecule has 0 saturated carbocycles. The molecule has 1 aromatic heterocycles. The highest BCUT2D eigenvalue weighted by atomic mass is 79.9. The van der Waals surface area contributed by atoms with Crippen molar-refractivity contribution < 1.29 is 31.1 Å². The topological polar surface area (TPSA) is 42.2 Å². The van der Waals surface area contributed by atoms with Crippen LogP contribution in [0.15, 0.2) is 53.4 Å². The molecule has 0 aliphatic rings. The monoisotopic (exact) mass is 670 g/mol. The van der Waals surface area contributed by atoms with Crippen molar-refractivity contribution in [2.45, 2.75) is 130 Å². The minimum absolute atomic E-state index is 0.